The number of carbonyl (C=O) groups is 2. The molecule has 2 heterocycles. The number of ether oxygens (including phenoxy) is 2. The molecule has 0 amide bonds. The number of carbonyl (C=O) groups excluding carboxylic acids is 2. The molecule has 1 unspecified atom stereocenters. The molecule has 1 aliphatic carbocycles. The molecular weight excluding hydrogens is 639 g/mol. The third kappa shape index (κ3) is 9.55. The summed E-state index contributed by atoms with van der Waals surface area (Å²) >= 11 is 0. The maximum Gasteiger partial charge on any atom is 0.459 e. The Hall–Kier alpha value is -4.00. The second kappa shape index (κ2) is 15.9. The number of nitrogens with one attached hydrogen (secondary N) is 2. The van der Waals surface area contributed by atoms with E-state index in [0.29, 0.717) is 12.8 Å². The number of nitrogen functional groups attached to an aromatic ring is 1. The number of aromatic amines is 1. The van der Waals surface area contributed by atoms with Gasteiger partial charge in [-0.1, -0.05) is 72.6 Å². The zero-order chi connectivity index (χ0) is 35.1. The van der Waals surface area contributed by atoms with Crippen LogP contribution in [-0.2, 0) is 28.2 Å². The van der Waals surface area contributed by atoms with Gasteiger partial charge in [-0.15, -0.1) is 0 Å². The maximum absolute atomic E-state index is 14.6. The van der Waals surface area contributed by atoms with Gasteiger partial charge in [0.2, 0.25) is 5.95 Å². The van der Waals surface area contributed by atoms with Crippen molar-refractivity contribution in [2.75, 3.05) is 25.6 Å². The van der Waals surface area contributed by atoms with Crippen LogP contribution < -0.4 is 20.9 Å². The van der Waals surface area contributed by atoms with Gasteiger partial charge in [0, 0.05) is 6.20 Å². The van der Waals surface area contributed by atoms with Gasteiger partial charge in [-0.2, -0.15) is 10.1 Å². The zero-order valence-electron chi connectivity index (χ0n) is 28.4. The van der Waals surface area contributed by atoms with E-state index < -0.39 is 36.7 Å². The number of nitrogens with zero attached hydrogens (tertiary/aromatic N) is 3. The summed E-state index contributed by atoms with van der Waals surface area (Å²) in [4.78, 5) is 49.0. The predicted octanol–water partition coefficient (Wildman–Crippen LogP) is 5.32. The Morgan fingerprint density at radius 1 is 1.10 bits per heavy atom. The van der Waals surface area contributed by atoms with E-state index in [1.807, 2.05) is 27.7 Å². The Bertz CT molecular complexity index is 1700. The highest BCUT2D eigenvalue weighted by Crippen LogP contribution is 2.57. The molecule has 1 fully saturated rings. The second-order valence-corrected chi connectivity index (χ2v) is 14.6. The van der Waals surface area contributed by atoms with Crippen LogP contribution >= 0.6 is 7.75 Å². The Labute approximate surface area is 280 Å². The standard InChI is InChI=1S/C33H47N6O8P/c1-7-23(8-2)17-44-31(42)26(14-21(3)4)38-48(43,47-25-12-10-9-11-13-25)46-19-33(18-45-30(41)22(5)6)15-24(33)16-39-20-35-27-28(39)36-32(34)37-29(27)40/h9-13,16,20-23,26H,7-8,14-15,17-19H2,1-6H3,(H,38,43)(H3,34,36,37,40)/b24-16-/t26-,33?,48-/m0/s1. The monoisotopic (exact) mass is 686 g/mol. The predicted molar refractivity (Wildman–Crippen MR) is 182 cm³/mol. The van der Waals surface area contributed by atoms with E-state index in [0.717, 1.165) is 18.4 Å². The van der Waals surface area contributed by atoms with Crippen LogP contribution in [-0.4, -0.2) is 57.3 Å². The normalized spacial score (nSPS) is 18.7. The average molecular weight is 687 g/mol. The molecule has 15 heteroatoms. The molecule has 1 saturated carbocycles. The minimum Gasteiger partial charge on any atom is -0.464 e. The summed E-state index contributed by atoms with van der Waals surface area (Å²) in [5.74, 6) is -0.860. The molecule has 14 nitrogen and oxygen atoms in total. The SMILES string of the molecule is CCC(CC)COC(=O)[C@H](CC(C)C)N[P@](=O)(OCC1(COC(=O)C(C)C)C/C1=C/n1cnc2c(=O)[nH]c(N)nc21)Oc1ccccc1. The topological polar surface area (TPSA) is 190 Å². The van der Waals surface area contributed by atoms with Gasteiger partial charge in [0.25, 0.3) is 5.56 Å². The molecular formula is C33H47N6O8P. The molecule has 0 saturated heterocycles. The van der Waals surface area contributed by atoms with Crippen LogP contribution in [0.4, 0.5) is 5.95 Å². The van der Waals surface area contributed by atoms with E-state index >= 15 is 0 Å². The summed E-state index contributed by atoms with van der Waals surface area (Å²) in [6.07, 6.45) is 5.57. The van der Waals surface area contributed by atoms with E-state index in [2.05, 4.69) is 20.0 Å². The average Bonchev–Trinajstić information content (AvgIpc) is 3.57. The molecule has 4 rings (SSSR count). The first-order chi connectivity index (χ1) is 22.8. The lowest BCUT2D eigenvalue weighted by atomic mass is 10.0. The number of hydrogen-bond acceptors (Lipinski definition) is 11. The van der Waals surface area contributed by atoms with Crippen molar-refractivity contribution in [3.63, 3.8) is 0 Å². The molecule has 0 radical (unpaired) electrons. The summed E-state index contributed by atoms with van der Waals surface area (Å²) in [6, 6.07) is 7.53. The number of esters is 2. The van der Waals surface area contributed by atoms with Crippen LogP contribution in [0.15, 0.2) is 47.0 Å². The molecule has 0 spiro atoms. The van der Waals surface area contributed by atoms with E-state index in [9.17, 15) is 18.9 Å². The van der Waals surface area contributed by atoms with Crippen LogP contribution in [0.1, 0.15) is 67.2 Å². The third-order valence-electron chi connectivity index (χ3n) is 8.19. The number of rotatable bonds is 18. The Morgan fingerprint density at radius 2 is 1.81 bits per heavy atom. The quantitative estimate of drug-likeness (QED) is 0.116. The van der Waals surface area contributed by atoms with Gasteiger partial charge < -0.3 is 19.7 Å². The van der Waals surface area contributed by atoms with Gasteiger partial charge in [-0.25, -0.2) is 9.55 Å². The van der Waals surface area contributed by atoms with Crippen molar-refractivity contribution in [1.82, 2.24) is 24.6 Å². The second-order valence-electron chi connectivity index (χ2n) is 12.9. The molecule has 3 atom stereocenters. The minimum absolute atomic E-state index is 0.0491. The number of imidazole rings is 1. The summed E-state index contributed by atoms with van der Waals surface area (Å²) < 4.78 is 39.5. The number of benzene rings is 1. The number of H-pyrrole nitrogens is 1. The number of nitrogens with two attached hydrogens (primary N) is 1. The fourth-order valence-corrected chi connectivity index (χ4v) is 6.61. The molecule has 3 aromatic rings. The lowest BCUT2D eigenvalue weighted by Crippen LogP contribution is -2.39. The first kappa shape index (κ1) is 36.8. The molecule has 1 aliphatic rings. The zero-order valence-corrected chi connectivity index (χ0v) is 29.3. The Morgan fingerprint density at radius 3 is 2.46 bits per heavy atom. The summed E-state index contributed by atoms with van der Waals surface area (Å²) in [5.41, 5.74) is 5.50. The molecule has 1 aromatic carbocycles. The number of fused-ring (bicyclic) bond motifs is 1. The summed E-state index contributed by atoms with van der Waals surface area (Å²) in [7, 11) is -4.25. The van der Waals surface area contributed by atoms with Gasteiger partial charge in [0.1, 0.15) is 24.7 Å². The smallest absolute Gasteiger partial charge is 0.459 e. The molecule has 0 aliphatic heterocycles. The summed E-state index contributed by atoms with van der Waals surface area (Å²) in [6.45, 7) is 11.4. The fraction of sp³-hybridized carbons (Fsp3) is 0.545. The number of anilines is 1. The van der Waals surface area contributed by atoms with Gasteiger partial charge >= 0.3 is 19.7 Å². The van der Waals surface area contributed by atoms with Crippen molar-refractivity contribution in [3.8, 4) is 5.75 Å². The van der Waals surface area contributed by atoms with Gasteiger partial charge in [-0.3, -0.25) is 28.5 Å². The Kier molecular flexibility index (Phi) is 12.2. The molecule has 2 aromatic heterocycles. The Balaban J connectivity index is 1.64. The van der Waals surface area contributed by atoms with Crippen molar-refractivity contribution in [3.05, 3.63) is 52.6 Å². The van der Waals surface area contributed by atoms with Crippen molar-refractivity contribution < 1.29 is 32.7 Å². The molecule has 48 heavy (non-hydrogen) atoms. The van der Waals surface area contributed by atoms with Crippen molar-refractivity contribution >= 4 is 43.0 Å². The number of hydrogen-bond donors (Lipinski definition) is 3. The van der Waals surface area contributed by atoms with Crippen LogP contribution in [0.5, 0.6) is 5.75 Å². The van der Waals surface area contributed by atoms with Crippen molar-refractivity contribution in [1.29, 1.82) is 0 Å². The molecule has 262 valence electrons. The van der Waals surface area contributed by atoms with Crippen LogP contribution in [0.3, 0.4) is 0 Å². The van der Waals surface area contributed by atoms with Gasteiger partial charge in [0.15, 0.2) is 11.2 Å². The lowest BCUT2D eigenvalue weighted by molar-refractivity contribution is -0.149. The van der Waals surface area contributed by atoms with Crippen LogP contribution in [0.25, 0.3) is 17.4 Å². The van der Waals surface area contributed by atoms with Crippen molar-refractivity contribution in [2.24, 2.45) is 23.2 Å². The molecule has 0 bridgehead atoms. The van der Waals surface area contributed by atoms with E-state index in [-0.39, 0.29) is 60.4 Å². The van der Waals surface area contributed by atoms with Gasteiger partial charge in [0.05, 0.1) is 24.5 Å². The van der Waals surface area contributed by atoms with Crippen molar-refractivity contribution in [2.45, 2.75) is 73.3 Å². The number of para-hydroxylation sites is 1. The maximum atomic E-state index is 14.6. The summed E-state index contributed by atoms with van der Waals surface area (Å²) in [5, 5.41) is 2.88. The highest BCUT2D eigenvalue weighted by Gasteiger charge is 2.52. The van der Waals surface area contributed by atoms with Gasteiger partial charge in [-0.05, 0) is 42.4 Å². The van der Waals surface area contributed by atoms with E-state index in [1.54, 1.807) is 54.9 Å². The number of aromatic nitrogens is 4. The first-order valence-electron chi connectivity index (χ1n) is 16.3. The largest absolute Gasteiger partial charge is 0.464 e. The fourth-order valence-electron chi connectivity index (χ4n) is 5.02. The van der Waals surface area contributed by atoms with E-state index in [1.165, 1.54) is 6.33 Å². The highest BCUT2D eigenvalue weighted by molar-refractivity contribution is 7.52. The lowest BCUT2D eigenvalue weighted by Gasteiger charge is -2.27. The van der Waals surface area contributed by atoms with Crippen LogP contribution in [0, 0.1) is 23.2 Å². The highest BCUT2D eigenvalue weighted by atomic mass is 31.2. The van der Waals surface area contributed by atoms with Crippen LogP contribution in [0.2, 0.25) is 0 Å². The molecule has 4 N–H and O–H groups in total. The van der Waals surface area contributed by atoms with E-state index in [4.69, 9.17) is 24.3 Å². The minimum atomic E-state index is -4.25. The first-order valence-corrected chi connectivity index (χ1v) is 17.9. The third-order valence-corrected chi connectivity index (χ3v) is 9.74.